The summed E-state index contributed by atoms with van der Waals surface area (Å²) < 4.78 is 15.8. The first-order valence-electron chi connectivity index (χ1n) is 9.01. The van der Waals surface area contributed by atoms with Crippen molar-refractivity contribution in [3.8, 4) is 5.75 Å². The van der Waals surface area contributed by atoms with E-state index in [4.69, 9.17) is 10.4 Å². The number of nitrogens with one attached hydrogen (secondary N) is 1. The topological polar surface area (TPSA) is 60.2 Å². The van der Waals surface area contributed by atoms with Gasteiger partial charge in [-0.15, -0.1) is 11.3 Å². The van der Waals surface area contributed by atoms with E-state index in [2.05, 4.69) is 11.8 Å². The molecule has 1 unspecified atom stereocenters. The number of anilines is 1. The largest absolute Gasteiger partial charge is 0.504 e. The van der Waals surface area contributed by atoms with Crippen molar-refractivity contribution in [2.45, 2.75) is 13.3 Å². The van der Waals surface area contributed by atoms with Gasteiger partial charge in [-0.3, -0.25) is 5.41 Å². The third kappa shape index (κ3) is 2.40. The second-order valence-electron chi connectivity index (χ2n) is 7.24. The van der Waals surface area contributed by atoms with Crippen LogP contribution in [0.3, 0.4) is 0 Å². The number of hydrogen-bond donors (Lipinski definition) is 2. The predicted molar refractivity (Wildman–Crippen MR) is 108 cm³/mol. The van der Waals surface area contributed by atoms with Gasteiger partial charge >= 0.3 is 0 Å². The lowest BCUT2D eigenvalue weighted by Gasteiger charge is -2.17. The van der Waals surface area contributed by atoms with E-state index in [1.54, 1.807) is 6.07 Å². The third-order valence-corrected chi connectivity index (χ3v) is 6.54. The van der Waals surface area contributed by atoms with Gasteiger partial charge in [-0.1, -0.05) is 25.1 Å². The molecule has 136 valence electrons. The minimum Gasteiger partial charge on any atom is -0.504 e. The SMILES string of the molecule is CC1CCN(c2nc3ccc(F)c(O)c3c(=N)c3sc4ccccc4c23)C1. The van der Waals surface area contributed by atoms with Gasteiger partial charge in [0.2, 0.25) is 0 Å². The summed E-state index contributed by atoms with van der Waals surface area (Å²) in [6, 6.07) is 10.8. The summed E-state index contributed by atoms with van der Waals surface area (Å²) >= 11 is 1.50. The standard InChI is InChI=1S/C21H18FN3OS/c1-11-8-9-25(10-11)21-16-12-4-2-3-5-15(12)27-20(16)18(23)17-14(24-21)7-6-13(22)19(17)26/h2-7,11,23,26H,8-10H2,1H3. The first-order valence-corrected chi connectivity index (χ1v) is 9.82. The number of aromatic hydroxyl groups is 1. The molecule has 4 aromatic rings. The number of thiophene rings is 1. The molecule has 4 nitrogen and oxygen atoms in total. The highest BCUT2D eigenvalue weighted by atomic mass is 32.1. The number of phenolic OH excluding ortho intramolecular Hbond substituents is 1. The number of phenols is 1. The summed E-state index contributed by atoms with van der Waals surface area (Å²) in [4.78, 5) is 7.11. The van der Waals surface area contributed by atoms with Crippen LogP contribution in [-0.4, -0.2) is 23.2 Å². The van der Waals surface area contributed by atoms with Crippen LogP contribution in [0.1, 0.15) is 13.3 Å². The fourth-order valence-electron chi connectivity index (χ4n) is 3.98. The first-order chi connectivity index (χ1) is 13.0. The molecule has 0 radical (unpaired) electrons. The van der Waals surface area contributed by atoms with E-state index in [0.29, 0.717) is 11.4 Å². The third-order valence-electron chi connectivity index (χ3n) is 5.35. The molecule has 2 N–H and O–H groups in total. The number of hydrogen-bond acceptors (Lipinski definition) is 5. The number of fused-ring (bicyclic) bond motifs is 4. The predicted octanol–water partition coefficient (Wildman–Crippen LogP) is 4.77. The van der Waals surface area contributed by atoms with Gasteiger partial charge in [0.05, 0.1) is 21.0 Å². The Morgan fingerprint density at radius 1 is 1.22 bits per heavy atom. The highest BCUT2D eigenvalue weighted by Crippen LogP contribution is 2.39. The maximum absolute atomic E-state index is 14.0. The Morgan fingerprint density at radius 2 is 2.04 bits per heavy atom. The smallest absolute Gasteiger partial charge is 0.165 e. The van der Waals surface area contributed by atoms with Crippen molar-refractivity contribution in [1.29, 1.82) is 5.41 Å². The van der Waals surface area contributed by atoms with Gasteiger partial charge in [0.1, 0.15) is 5.82 Å². The average molecular weight is 379 g/mol. The Bertz CT molecular complexity index is 1280. The molecule has 0 spiro atoms. The molecule has 0 aliphatic carbocycles. The summed E-state index contributed by atoms with van der Waals surface area (Å²) in [7, 11) is 0. The summed E-state index contributed by atoms with van der Waals surface area (Å²) in [5.74, 6) is 0.168. The van der Waals surface area contributed by atoms with E-state index in [1.807, 2.05) is 24.3 Å². The van der Waals surface area contributed by atoms with Crippen LogP contribution in [-0.2, 0) is 0 Å². The fraction of sp³-hybridized carbons (Fsp3) is 0.238. The van der Waals surface area contributed by atoms with Crippen LogP contribution in [0, 0.1) is 17.1 Å². The molecule has 0 amide bonds. The van der Waals surface area contributed by atoms with Gasteiger partial charge in [-0.2, -0.15) is 0 Å². The summed E-state index contributed by atoms with van der Waals surface area (Å²) in [5, 5.41) is 21.4. The minimum absolute atomic E-state index is 0.129. The van der Waals surface area contributed by atoms with E-state index in [1.165, 1.54) is 17.4 Å². The van der Waals surface area contributed by atoms with E-state index in [0.717, 1.165) is 45.5 Å². The Hall–Kier alpha value is -2.73. The molecule has 2 aromatic carbocycles. The lowest BCUT2D eigenvalue weighted by atomic mass is 10.1. The Morgan fingerprint density at radius 3 is 2.81 bits per heavy atom. The molecular weight excluding hydrogens is 361 g/mol. The highest BCUT2D eigenvalue weighted by Gasteiger charge is 2.24. The number of nitrogens with zero attached hydrogens (tertiary/aromatic N) is 2. The molecule has 1 atom stereocenters. The molecule has 5 rings (SSSR count). The van der Waals surface area contributed by atoms with Gasteiger partial charge in [0, 0.05) is 28.6 Å². The Balaban J connectivity index is 2.03. The summed E-state index contributed by atoms with van der Waals surface area (Å²) in [6.07, 6.45) is 1.09. The zero-order valence-corrected chi connectivity index (χ0v) is 15.6. The number of rotatable bonds is 1. The van der Waals surface area contributed by atoms with Gasteiger partial charge in [-0.05, 0) is 30.5 Å². The molecule has 1 saturated heterocycles. The monoisotopic (exact) mass is 379 g/mol. The Labute approximate surface area is 159 Å². The van der Waals surface area contributed by atoms with E-state index >= 15 is 0 Å². The molecule has 0 bridgehead atoms. The zero-order chi connectivity index (χ0) is 18.7. The van der Waals surface area contributed by atoms with Crippen molar-refractivity contribution in [1.82, 2.24) is 4.98 Å². The normalized spacial score (nSPS) is 17.4. The van der Waals surface area contributed by atoms with Crippen LogP contribution in [0.4, 0.5) is 10.2 Å². The van der Waals surface area contributed by atoms with Crippen LogP contribution < -0.4 is 10.3 Å². The van der Waals surface area contributed by atoms with Crippen molar-refractivity contribution in [3.63, 3.8) is 0 Å². The molecule has 1 aliphatic rings. The van der Waals surface area contributed by atoms with Gasteiger partial charge < -0.3 is 10.0 Å². The van der Waals surface area contributed by atoms with Gasteiger partial charge in [0.15, 0.2) is 11.6 Å². The van der Waals surface area contributed by atoms with Crippen molar-refractivity contribution >= 4 is 48.2 Å². The van der Waals surface area contributed by atoms with Crippen molar-refractivity contribution in [2.75, 3.05) is 18.0 Å². The zero-order valence-electron chi connectivity index (χ0n) is 14.8. The van der Waals surface area contributed by atoms with Crippen LogP contribution in [0.2, 0.25) is 0 Å². The van der Waals surface area contributed by atoms with E-state index < -0.39 is 11.6 Å². The van der Waals surface area contributed by atoms with E-state index in [-0.39, 0.29) is 10.7 Å². The molecule has 2 aromatic heterocycles. The second-order valence-corrected chi connectivity index (χ2v) is 8.29. The van der Waals surface area contributed by atoms with Crippen molar-refractivity contribution in [3.05, 3.63) is 47.6 Å². The van der Waals surface area contributed by atoms with Crippen LogP contribution in [0.25, 0.3) is 31.1 Å². The Kier molecular flexibility index (Phi) is 3.59. The lowest BCUT2D eigenvalue weighted by Crippen LogP contribution is -2.20. The number of aromatic nitrogens is 1. The molecular formula is C21H18FN3OS. The van der Waals surface area contributed by atoms with Crippen LogP contribution in [0.15, 0.2) is 36.4 Å². The number of benzene rings is 2. The molecule has 27 heavy (non-hydrogen) atoms. The molecule has 1 aliphatic heterocycles. The maximum Gasteiger partial charge on any atom is 0.165 e. The van der Waals surface area contributed by atoms with E-state index in [9.17, 15) is 9.50 Å². The van der Waals surface area contributed by atoms with Crippen LogP contribution in [0.5, 0.6) is 5.75 Å². The van der Waals surface area contributed by atoms with Gasteiger partial charge in [-0.25, -0.2) is 9.37 Å². The molecule has 1 fully saturated rings. The van der Waals surface area contributed by atoms with Crippen LogP contribution >= 0.6 is 11.3 Å². The van der Waals surface area contributed by atoms with Crippen molar-refractivity contribution in [2.24, 2.45) is 5.92 Å². The summed E-state index contributed by atoms with van der Waals surface area (Å²) in [5.41, 5.74) is 0.445. The first kappa shape index (κ1) is 16.4. The average Bonchev–Trinajstić information content (AvgIpc) is 3.23. The van der Waals surface area contributed by atoms with Gasteiger partial charge in [0.25, 0.3) is 0 Å². The van der Waals surface area contributed by atoms with Crippen molar-refractivity contribution < 1.29 is 9.50 Å². The molecule has 6 heteroatoms. The fourth-order valence-corrected chi connectivity index (χ4v) is 5.13. The molecule has 0 saturated carbocycles. The summed E-state index contributed by atoms with van der Waals surface area (Å²) in [6.45, 7) is 4.03. The molecule has 3 heterocycles. The maximum atomic E-state index is 14.0. The minimum atomic E-state index is -0.727. The number of halogens is 1. The quantitative estimate of drug-likeness (QED) is 0.501. The highest BCUT2D eigenvalue weighted by molar-refractivity contribution is 7.25. The second kappa shape index (κ2) is 5.89. The lowest BCUT2D eigenvalue weighted by molar-refractivity contribution is 0.438.